The summed E-state index contributed by atoms with van der Waals surface area (Å²) in [4.78, 5) is 4.27. The molecule has 2 aromatic rings. The Hall–Kier alpha value is -1.88. The van der Waals surface area contributed by atoms with Crippen LogP contribution in [0.5, 0.6) is 5.75 Å². The maximum absolute atomic E-state index is 5.27. The lowest BCUT2D eigenvalue weighted by molar-refractivity contribution is 0.367. The van der Waals surface area contributed by atoms with Crippen molar-refractivity contribution in [3.8, 4) is 5.75 Å². The number of hydrogen-bond acceptors (Lipinski definition) is 5. The average molecular weight is 233 g/mol. The van der Waals surface area contributed by atoms with Crippen LogP contribution in [-0.2, 0) is 13.0 Å². The fraction of sp³-hybridized carbons (Fsp3) is 0.333. The number of methoxy groups -OCH3 is 1. The Bertz CT molecular complexity index is 482. The maximum atomic E-state index is 5.27. The van der Waals surface area contributed by atoms with Gasteiger partial charge in [0.2, 0.25) is 5.89 Å². The molecule has 0 spiro atoms. The number of rotatable bonds is 5. The summed E-state index contributed by atoms with van der Waals surface area (Å²) < 4.78 is 10.4. The number of nitrogens with zero attached hydrogens (tertiary/aromatic N) is 2. The number of nitrogens with one attached hydrogen (secondary N) is 1. The molecular weight excluding hydrogens is 218 g/mol. The van der Waals surface area contributed by atoms with Crippen LogP contribution in [0.2, 0.25) is 0 Å². The van der Waals surface area contributed by atoms with Crippen molar-refractivity contribution in [3.05, 3.63) is 41.5 Å². The van der Waals surface area contributed by atoms with Crippen molar-refractivity contribution in [2.75, 3.05) is 14.2 Å². The summed E-state index contributed by atoms with van der Waals surface area (Å²) in [5, 5.41) is 6.89. The number of aromatic nitrogens is 2. The summed E-state index contributed by atoms with van der Waals surface area (Å²) in [5.41, 5.74) is 1.05. The lowest BCUT2D eigenvalue weighted by Crippen LogP contribution is -2.05. The van der Waals surface area contributed by atoms with Gasteiger partial charge in [0.1, 0.15) is 5.75 Å². The standard InChI is InChI=1S/C12H15N3O2/c1-13-8-12-14-11(15-17-12)7-9-5-3-4-6-10(9)16-2/h3-6,13H,7-8H2,1-2H3. The smallest absolute Gasteiger partial charge is 0.240 e. The number of para-hydroxylation sites is 1. The Morgan fingerprint density at radius 1 is 1.35 bits per heavy atom. The van der Waals surface area contributed by atoms with Gasteiger partial charge in [-0.15, -0.1) is 0 Å². The normalized spacial score (nSPS) is 10.5. The minimum absolute atomic E-state index is 0.582. The van der Waals surface area contributed by atoms with Crippen LogP contribution in [0, 0.1) is 0 Å². The van der Waals surface area contributed by atoms with Crippen LogP contribution < -0.4 is 10.1 Å². The molecule has 5 heteroatoms. The molecule has 0 aliphatic carbocycles. The van der Waals surface area contributed by atoms with Crippen LogP contribution in [0.3, 0.4) is 0 Å². The van der Waals surface area contributed by atoms with Gasteiger partial charge in [0.15, 0.2) is 5.82 Å². The van der Waals surface area contributed by atoms with Gasteiger partial charge in [-0.1, -0.05) is 23.4 Å². The third-order valence-corrected chi connectivity index (χ3v) is 2.38. The summed E-state index contributed by atoms with van der Waals surface area (Å²) in [7, 11) is 3.49. The van der Waals surface area contributed by atoms with Crippen molar-refractivity contribution in [3.63, 3.8) is 0 Å². The molecule has 0 aliphatic heterocycles. The van der Waals surface area contributed by atoms with E-state index in [1.165, 1.54) is 0 Å². The Morgan fingerprint density at radius 3 is 2.94 bits per heavy atom. The first-order valence-corrected chi connectivity index (χ1v) is 5.41. The fourth-order valence-electron chi connectivity index (χ4n) is 1.60. The number of hydrogen-bond donors (Lipinski definition) is 1. The van der Waals surface area contributed by atoms with Gasteiger partial charge in [-0.05, 0) is 13.1 Å². The van der Waals surface area contributed by atoms with Crippen molar-refractivity contribution < 1.29 is 9.26 Å². The second-order valence-electron chi connectivity index (χ2n) is 3.62. The number of ether oxygens (including phenoxy) is 1. The molecule has 0 saturated carbocycles. The quantitative estimate of drug-likeness (QED) is 0.845. The molecule has 1 heterocycles. The van der Waals surface area contributed by atoms with Crippen LogP contribution >= 0.6 is 0 Å². The summed E-state index contributed by atoms with van der Waals surface area (Å²) in [6, 6.07) is 7.81. The van der Waals surface area contributed by atoms with Crippen molar-refractivity contribution in [1.82, 2.24) is 15.5 Å². The average Bonchev–Trinajstić information content (AvgIpc) is 2.78. The third-order valence-electron chi connectivity index (χ3n) is 2.38. The molecule has 17 heavy (non-hydrogen) atoms. The van der Waals surface area contributed by atoms with Crippen LogP contribution in [0.15, 0.2) is 28.8 Å². The summed E-state index contributed by atoms with van der Waals surface area (Å²) >= 11 is 0. The van der Waals surface area contributed by atoms with E-state index in [0.29, 0.717) is 24.7 Å². The van der Waals surface area contributed by atoms with E-state index in [2.05, 4.69) is 15.5 Å². The molecule has 90 valence electrons. The molecule has 0 saturated heterocycles. The van der Waals surface area contributed by atoms with Crippen LogP contribution in [0.1, 0.15) is 17.3 Å². The van der Waals surface area contributed by atoms with Gasteiger partial charge in [0.25, 0.3) is 0 Å². The minimum Gasteiger partial charge on any atom is -0.496 e. The minimum atomic E-state index is 0.582. The van der Waals surface area contributed by atoms with Crippen LogP contribution in [0.25, 0.3) is 0 Å². The second-order valence-corrected chi connectivity index (χ2v) is 3.62. The first-order chi connectivity index (χ1) is 8.33. The Labute approximate surface area is 99.8 Å². The Morgan fingerprint density at radius 2 is 2.18 bits per heavy atom. The van der Waals surface area contributed by atoms with E-state index in [1.807, 2.05) is 31.3 Å². The largest absolute Gasteiger partial charge is 0.496 e. The molecule has 1 N–H and O–H groups in total. The number of benzene rings is 1. The van der Waals surface area contributed by atoms with Crippen molar-refractivity contribution in [1.29, 1.82) is 0 Å². The van der Waals surface area contributed by atoms with Crippen molar-refractivity contribution >= 4 is 0 Å². The molecule has 0 amide bonds. The Kier molecular flexibility index (Phi) is 3.72. The highest BCUT2D eigenvalue weighted by atomic mass is 16.5. The zero-order chi connectivity index (χ0) is 12.1. The van der Waals surface area contributed by atoms with Gasteiger partial charge >= 0.3 is 0 Å². The molecule has 0 radical (unpaired) electrons. The highest BCUT2D eigenvalue weighted by Gasteiger charge is 2.09. The van der Waals surface area contributed by atoms with E-state index in [9.17, 15) is 0 Å². The molecule has 2 rings (SSSR count). The summed E-state index contributed by atoms with van der Waals surface area (Å²) in [6.45, 7) is 0.582. The topological polar surface area (TPSA) is 60.2 Å². The van der Waals surface area contributed by atoms with Gasteiger partial charge in [0.05, 0.1) is 13.7 Å². The predicted octanol–water partition coefficient (Wildman–Crippen LogP) is 1.39. The van der Waals surface area contributed by atoms with E-state index in [-0.39, 0.29) is 0 Å². The second kappa shape index (κ2) is 5.45. The lowest BCUT2D eigenvalue weighted by atomic mass is 10.1. The molecule has 1 aromatic heterocycles. The molecule has 0 aliphatic rings. The maximum Gasteiger partial charge on any atom is 0.240 e. The van der Waals surface area contributed by atoms with E-state index in [4.69, 9.17) is 9.26 Å². The summed E-state index contributed by atoms with van der Waals surface area (Å²) in [6.07, 6.45) is 0.608. The highest BCUT2D eigenvalue weighted by Crippen LogP contribution is 2.19. The Balaban J connectivity index is 2.13. The molecule has 5 nitrogen and oxygen atoms in total. The van der Waals surface area contributed by atoms with Gasteiger partial charge < -0.3 is 14.6 Å². The van der Waals surface area contributed by atoms with E-state index in [1.54, 1.807) is 7.11 Å². The van der Waals surface area contributed by atoms with E-state index < -0.39 is 0 Å². The first kappa shape index (κ1) is 11.6. The van der Waals surface area contributed by atoms with Crippen molar-refractivity contribution in [2.45, 2.75) is 13.0 Å². The van der Waals surface area contributed by atoms with Crippen LogP contribution in [-0.4, -0.2) is 24.3 Å². The lowest BCUT2D eigenvalue weighted by Gasteiger charge is -2.04. The van der Waals surface area contributed by atoms with E-state index >= 15 is 0 Å². The molecule has 0 fully saturated rings. The van der Waals surface area contributed by atoms with Gasteiger partial charge in [-0.3, -0.25) is 0 Å². The van der Waals surface area contributed by atoms with Crippen molar-refractivity contribution in [2.24, 2.45) is 0 Å². The van der Waals surface area contributed by atoms with E-state index in [0.717, 1.165) is 11.3 Å². The SMILES string of the molecule is CNCc1nc(Cc2ccccc2OC)no1. The summed E-state index contributed by atoms with van der Waals surface area (Å²) in [5.74, 6) is 2.10. The monoisotopic (exact) mass is 233 g/mol. The molecule has 0 unspecified atom stereocenters. The first-order valence-electron chi connectivity index (χ1n) is 5.41. The zero-order valence-electron chi connectivity index (χ0n) is 9.93. The third kappa shape index (κ3) is 2.82. The van der Waals surface area contributed by atoms with Gasteiger partial charge in [-0.2, -0.15) is 4.98 Å². The molecule has 0 atom stereocenters. The molecular formula is C12H15N3O2. The van der Waals surface area contributed by atoms with Crippen LogP contribution in [0.4, 0.5) is 0 Å². The molecule has 0 bridgehead atoms. The highest BCUT2D eigenvalue weighted by molar-refractivity contribution is 5.35. The van der Waals surface area contributed by atoms with Gasteiger partial charge in [-0.25, -0.2) is 0 Å². The predicted molar refractivity (Wildman–Crippen MR) is 62.9 cm³/mol. The zero-order valence-corrected chi connectivity index (χ0v) is 9.93. The van der Waals surface area contributed by atoms with Gasteiger partial charge in [0, 0.05) is 12.0 Å². The molecule has 1 aromatic carbocycles. The fourth-order valence-corrected chi connectivity index (χ4v) is 1.60.